The maximum Gasteiger partial charge on any atom is 0.139 e. The summed E-state index contributed by atoms with van der Waals surface area (Å²) >= 11 is 0. The Morgan fingerprint density at radius 2 is 1.46 bits per heavy atom. The van der Waals surface area contributed by atoms with Gasteiger partial charge in [0.25, 0.3) is 0 Å². The van der Waals surface area contributed by atoms with Crippen molar-refractivity contribution in [3.63, 3.8) is 0 Å². The van der Waals surface area contributed by atoms with Crippen molar-refractivity contribution in [3.05, 3.63) is 59.7 Å². The number of methoxy groups -OCH3 is 2. The number of hydrogen-bond acceptors (Lipinski definition) is 6. The normalized spacial score (nSPS) is 28.1. The SMILES string of the molecule is COc1cccc(C2OCC3(CO)COC(c4cccc(OC)c4)N23)c1. The maximum absolute atomic E-state index is 10.1. The second-order valence-electron chi connectivity index (χ2n) is 6.67. The van der Waals surface area contributed by atoms with Gasteiger partial charge in [0.05, 0.1) is 39.6 Å². The molecule has 0 aromatic heterocycles. The molecule has 0 amide bonds. The molecule has 4 rings (SSSR count). The van der Waals surface area contributed by atoms with E-state index in [-0.39, 0.29) is 19.1 Å². The molecule has 2 fully saturated rings. The van der Waals surface area contributed by atoms with Crippen LogP contribution in [0.4, 0.5) is 0 Å². The summed E-state index contributed by atoms with van der Waals surface area (Å²) in [5.74, 6) is 1.54. The Bertz CT molecular complexity index is 721. The van der Waals surface area contributed by atoms with Crippen LogP contribution in [0.15, 0.2) is 48.5 Å². The summed E-state index contributed by atoms with van der Waals surface area (Å²) in [6, 6.07) is 15.6. The van der Waals surface area contributed by atoms with Crippen LogP contribution in [0.25, 0.3) is 0 Å². The van der Waals surface area contributed by atoms with Crippen LogP contribution in [-0.4, -0.2) is 49.6 Å². The minimum Gasteiger partial charge on any atom is -0.497 e. The van der Waals surface area contributed by atoms with Crippen molar-refractivity contribution in [1.29, 1.82) is 0 Å². The van der Waals surface area contributed by atoms with Crippen molar-refractivity contribution in [2.75, 3.05) is 34.0 Å². The highest BCUT2D eigenvalue weighted by Gasteiger charge is 2.56. The van der Waals surface area contributed by atoms with Crippen molar-refractivity contribution in [3.8, 4) is 11.5 Å². The van der Waals surface area contributed by atoms with E-state index in [1.54, 1.807) is 14.2 Å². The van der Waals surface area contributed by atoms with E-state index in [0.29, 0.717) is 13.2 Å². The summed E-state index contributed by atoms with van der Waals surface area (Å²) in [5.41, 5.74) is 1.39. The molecule has 2 aromatic rings. The first-order chi connectivity index (χ1) is 12.7. The number of aliphatic hydroxyl groups excluding tert-OH is 1. The number of hydrogen-bond donors (Lipinski definition) is 1. The number of rotatable bonds is 5. The number of nitrogens with zero attached hydrogens (tertiary/aromatic N) is 1. The highest BCUT2D eigenvalue weighted by molar-refractivity contribution is 5.34. The van der Waals surface area contributed by atoms with E-state index in [2.05, 4.69) is 4.90 Å². The average Bonchev–Trinajstić information content (AvgIpc) is 3.25. The Kier molecular flexibility index (Phi) is 4.58. The van der Waals surface area contributed by atoms with Gasteiger partial charge in [-0.1, -0.05) is 24.3 Å². The number of ether oxygens (including phenoxy) is 4. The van der Waals surface area contributed by atoms with E-state index >= 15 is 0 Å². The fourth-order valence-corrected chi connectivity index (χ4v) is 3.72. The molecule has 0 radical (unpaired) electrons. The molecule has 6 heteroatoms. The lowest BCUT2D eigenvalue weighted by atomic mass is 10.0. The van der Waals surface area contributed by atoms with Gasteiger partial charge in [-0.05, 0) is 35.4 Å². The number of benzene rings is 2. The Morgan fingerprint density at radius 3 is 1.88 bits per heavy atom. The van der Waals surface area contributed by atoms with E-state index < -0.39 is 5.54 Å². The molecule has 0 aliphatic carbocycles. The minimum atomic E-state index is -0.554. The molecule has 0 saturated carbocycles. The van der Waals surface area contributed by atoms with Gasteiger partial charge in [-0.15, -0.1) is 0 Å². The number of aliphatic hydroxyl groups is 1. The van der Waals surface area contributed by atoms with Gasteiger partial charge in [-0.25, -0.2) is 4.90 Å². The average molecular weight is 357 g/mol. The van der Waals surface area contributed by atoms with Gasteiger partial charge in [0.1, 0.15) is 24.0 Å². The molecule has 0 spiro atoms. The van der Waals surface area contributed by atoms with Gasteiger partial charge in [0.2, 0.25) is 0 Å². The Labute approximate surface area is 152 Å². The van der Waals surface area contributed by atoms with Crippen molar-refractivity contribution >= 4 is 0 Å². The summed E-state index contributed by atoms with van der Waals surface area (Å²) in [4.78, 5) is 2.12. The lowest BCUT2D eigenvalue weighted by Crippen LogP contribution is -2.47. The maximum atomic E-state index is 10.1. The highest BCUT2D eigenvalue weighted by Crippen LogP contribution is 2.49. The molecule has 2 aliphatic rings. The van der Waals surface area contributed by atoms with Crippen molar-refractivity contribution in [2.24, 2.45) is 0 Å². The van der Waals surface area contributed by atoms with Crippen molar-refractivity contribution in [1.82, 2.24) is 4.90 Å². The molecule has 2 atom stereocenters. The molecule has 2 aliphatic heterocycles. The van der Waals surface area contributed by atoms with Crippen LogP contribution >= 0.6 is 0 Å². The van der Waals surface area contributed by atoms with Gasteiger partial charge in [0, 0.05) is 0 Å². The van der Waals surface area contributed by atoms with Crippen LogP contribution in [-0.2, 0) is 9.47 Å². The molecule has 2 unspecified atom stereocenters. The van der Waals surface area contributed by atoms with Gasteiger partial charge in [0.15, 0.2) is 0 Å². The van der Waals surface area contributed by atoms with E-state index in [9.17, 15) is 5.11 Å². The quantitative estimate of drug-likeness (QED) is 0.887. The molecule has 138 valence electrons. The first-order valence-electron chi connectivity index (χ1n) is 8.61. The smallest absolute Gasteiger partial charge is 0.139 e. The van der Waals surface area contributed by atoms with Gasteiger partial charge >= 0.3 is 0 Å². The molecular formula is C20H23NO5. The van der Waals surface area contributed by atoms with Crippen molar-refractivity contribution in [2.45, 2.75) is 18.0 Å². The third kappa shape index (κ3) is 2.75. The van der Waals surface area contributed by atoms with Gasteiger partial charge in [-0.3, -0.25) is 0 Å². The third-order valence-electron chi connectivity index (χ3n) is 5.12. The topological polar surface area (TPSA) is 60.4 Å². The van der Waals surface area contributed by atoms with E-state index in [1.165, 1.54) is 0 Å². The van der Waals surface area contributed by atoms with Gasteiger partial charge in [-0.2, -0.15) is 0 Å². The third-order valence-corrected chi connectivity index (χ3v) is 5.12. The molecule has 2 saturated heterocycles. The van der Waals surface area contributed by atoms with E-state index in [1.807, 2.05) is 48.5 Å². The van der Waals surface area contributed by atoms with E-state index in [0.717, 1.165) is 22.6 Å². The predicted octanol–water partition coefficient (Wildman–Crippen LogP) is 2.49. The standard InChI is InChI=1S/C20H23NO5/c1-23-16-7-3-5-14(9-16)18-21-19(15-6-4-8-17(10-15)24-2)26-13-20(21,11-22)12-25-18/h3-10,18-19,22H,11-13H2,1-2H3. The fraction of sp³-hybridized carbons (Fsp3) is 0.400. The second-order valence-corrected chi connectivity index (χ2v) is 6.67. The molecule has 26 heavy (non-hydrogen) atoms. The largest absolute Gasteiger partial charge is 0.497 e. The number of fused-ring (bicyclic) bond motifs is 1. The molecule has 0 bridgehead atoms. The van der Waals surface area contributed by atoms with Crippen LogP contribution in [0, 0.1) is 0 Å². The Balaban J connectivity index is 1.73. The lowest BCUT2D eigenvalue weighted by Gasteiger charge is -2.33. The Morgan fingerprint density at radius 1 is 0.962 bits per heavy atom. The van der Waals surface area contributed by atoms with Crippen molar-refractivity contribution < 1.29 is 24.1 Å². The molecular weight excluding hydrogens is 334 g/mol. The van der Waals surface area contributed by atoms with Gasteiger partial charge < -0.3 is 24.1 Å². The van der Waals surface area contributed by atoms with Crippen LogP contribution in [0.3, 0.4) is 0 Å². The van der Waals surface area contributed by atoms with E-state index in [4.69, 9.17) is 18.9 Å². The summed E-state index contributed by atoms with van der Waals surface area (Å²) in [5, 5.41) is 10.1. The zero-order chi connectivity index (χ0) is 18.1. The van der Waals surface area contributed by atoms with Crippen LogP contribution in [0.1, 0.15) is 23.6 Å². The summed E-state index contributed by atoms with van der Waals surface area (Å²) in [6.45, 7) is 0.783. The highest BCUT2D eigenvalue weighted by atomic mass is 16.6. The summed E-state index contributed by atoms with van der Waals surface area (Å²) < 4.78 is 22.9. The lowest BCUT2D eigenvalue weighted by molar-refractivity contribution is -0.0631. The Hall–Kier alpha value is -2.12. The molecule has 6 nitrogen and oxygen atoms in total. The first-order valence-corrected chi connectivity index (χ1v) is 8.61. The van der Waals surface area contributed by atoms with Crippen LogP contribution in [0.5, 0.6) is 11.5 Å². The fourth-order valence-electron chi connectivity index (χ4n) is 3.72. The molecule has 2 heterocycles. The predicted molar refractivity (Wildman–Crippen MR) is 95.0 cm³/mol. The second kappa shape index (κ2) is 6.89. The minimum absolute atomic E-state index is 0.0338. The summed E-state index contributed by atoms with van der Waals surface area (Å²) in [7, 11) is 3.29. The molecule has 2 aromatic carbocycles. The zero-order valence-electron chi connectivity index (χ0n) is 14.9. The van der Waals surface area contributed by atoms with Crippen LogP contribution < -0.4 is 9.47 Å². The van der Waals surface area contributed by atoms with Crippen LogP contribution in [0.2, 0.25) is 0 Å². The zero-order valence-corrected chi connectivity index (χ0v) is 14.9. The molecule has 1 N–H and O–H groups in total. The summed E-state index contributed by atoms with van der Waals surface area (Å²) in [6.07, 6.45) is -0.646. The first kappa shape index (κ1) is 17.3. The monoisotopic (exact) mass is 357 g/mol.